The lowest BCUT2D eigenvalue weighted by Gasteiger charge is -2.11. The Balaban J connectivity index is 1.73. The summed E-state index contributed by atoms with van der Waals surface area (Å²) in [5, 5.41) is 9.33. The monoisotopic (exact) mass is 333 g/mol. The molecule has 0 saturated heterocycles. The summed E-state index contributed by atoms with van der Waals surface area (Å²) >= 11 is 0. The lowest BCUT2D eigenvalue weighted by molar-refractivity contribution is -0.856. The van der Waals surface area contributed by atoms with Crippen LogP contribution >= 0.6 is 0 Å². The zero-order valence-electron chi connectivity index (χ0n) is 14.4. The Hall–Kier alpha value is -2.41. The molecular weight excluding hydrogens is 308 g/mol. The summed E-state index contributed by atoms with van der Waals surface area (Å²) in [5.41, 5.74) is 2.85. The van der Waals surface area contributed by atoms with Gasteiger partial charge in [-0.2, -0.15) is 0 Å². The Bertz CT molecular complexity index is 611. The maximum Gasteiger partial charge on any atom is 0.264 e. The highest BCUT2D eigenvalue weighted by molar-refractivity contribution is 6.04. The van der Waals surface area contributed by atoms with E-state index in [4.69, 9.17) is 4.84 Å². The minimum Gasteiger partial charge on any atom is -0.382 e. The molecule has 1 atom stereocenters. The van der Waals surface area contributed by atoms with Gasteiger partial charge >= 0.3 is 0 Å². The first kappa shape index (κ1) is 17.9. The van der Waals surface area contributed by atoms with E-state index < -0.39 is 6.10 Å². The maximum absolute atomic E-state index is 12.1. The van der Waals surface area contributed by atoms with Crippen LogP contribution in [0.1, 0.15) is 17.5 Å². The molecule has 0 aromatic heterocycles. The van der Waals surface area contributed by atoms with E-state index in [2.05, 4.69) is 15.8 Å². The normalized spacial score (nSPS) is 16.5. The van der Waals surface area contributed by atoms with Crippen LogP contribution < -0.4 is 15.5 Å². The molecule has 0 aliphatic carbocycles. The Morgan fingerprint density at radius 3 is 2.62 bits per heavy atom. The molecule has 7 heteroatoms. The van der Waals surface area contributed by atoms with Gasteiger partial charge in [0.25, 0.3) is 5.91 Å². The van der Waals surface area contributed by atoms with Crippen molar-refractivity contribution < 1.29 is 19.3 Å². The van der Waals surface area contributed by atoms with E-state index in [0.717, 1.165) is 23.4 Å². The zero-order valence-corrected chi connectivity index (χ0v) is 14.4. The first-order valence-electron chi connectivity index (χ1n) is 8.09. The standard InChI is InChI=1S/C17H24N4O3/c1-12-4-6-13(7-5-12)14-10-15(24-20-14)17(23)19-11-16(22)18-8-9-21(2)3/h4-7,15H,8-11H2,1-3H3,(H,18,22)(H,19,23)/p+1/t15-/m1/s1. The Morgan fingerprint density at radius 2 is 1.96 bits per heavy atom. The third kappa shape index (κ3) is 5.34. The Labute approximate surface area is 142 Å². The van der Waals surface area contributed by atoms with Crippen LogP contribution in [0.5, 0.6) is 0 Å². The average Bonchev–Trinajstić information content (AvgIpc) is 3.03. The minimum atomic E-state index is -0.680. The predicted molar refractivity (Wildman–Crippen MR) is 90.9 cm³/mol. The molecular formula is C17H25N4O3+. The predicted octanol–water partition coefficient (Wildman–Crippen LogP) is -1.14. The van der Waals surface area contributed by atoms with Crippen molar-refractivity contribution in [3.8, 4) is 0 Å². The number of benzene rings is 1. The second-order valence-corrected chi connectivity index (χ2v) is 6.23. The van der Waals surface area contributed by atoms with Crippen molar-refractivity contribution in [3.63, 3.8) is 0 Å². The lowest BCUT2D eigenvalue weighted by Crippen LogP contribution is -3.06. The average molecular weight is 333 g/mol. The molecule has 0 saturated carbocycles. The van der Waals surface area contributed by atoms with E-state index >= 15 is 0 Å². The van der Waals surface area contributed by atoms with Crippen LogP contribution in [-0.4, -0.2) is 57.4 Å². The van der Waals surface area contributed by atoms with E-state index in [1.807, 2.05) is 45.3 Å². The number of hydrogen-bond donors (Lipinski definition) is 3. The van der Waals surface area contributed by atoms with Crippen molar-refractivity contribution in [2.24, 2.45) is 5.16 Å². The van der Waals surface area contributed by atoms with Gasteiger partial charge in [0.2, 0.25) is 12.0 Å². The summed E-state index contributed by atoms with van der Waals surface area (Å²) in [6.45, 7) is 3.37. The van der Waals surface area contributed by atoms with Gasteiger partial charge in [0.1, 0.15) is 0 Å². The van der Waals surface area contributed by atoms with E-state index in [1.54, 1.807) is 0 Å². The summed E-state index contributed by atoms with van der Waals surface area (Å²) in [6.07, 6.45) is -0.277. The molecule has 0 bridgehead atoms. The zero-order chi connectivity index (χ0) is 17.5. The summed E-state index contributed by atoms with van der Waals surface area (Å²) in [7, 11) is 4.02. The van der Waals surface area contributed by atoms with Crippen LogP contribution in [0.25, 0.3) is 0 Å². The molecule has 0 fully saturated rings. The third-order valence-electron chi connectivity index (χ3n) is 3.72. The van der Waals surface area contributed by atoms with Crippen molar-refractivity contribution in [1.82, 2.24) is 10.6 Å². The maximum atomic E-state index is 12.1. The number of rotatable bonds is 7. The number of oxime groups is 1. The summed E-state index contributed by atoms with van der Waals surface area (Å²) < 4.78 is 0. The largest absolute Gasteiger partial charge is 0.382 e. The van der Waals surface area contributed by atoms with Gasteiger partial charge in [-0.3, -0.25) is 9.59 Å². The number of quaternary nitrogens is 1. The molecule has 1 aromatic rings. The van der Waals surface area contributed by atoms with Crippen LogP contribution in [0.3, 0.4) is 0 Å². The van der Waals surface area contributed by atoms with E-state index in [1.165, 1.54) is 4.90 Å². The second kappa shape index (κ2) is 8.44. The summed E-state index contributed by atoms with van der Waals surface area (Å²) in [4.78, 5) is 30.2. The van der Waals surface area contributed by atoms with Crippen molar-refractivity contribution >= 4 is 17.5 Å². The molecule has 7 nitrogen and oxygen atoms in total. The highest BCUT2D eigenvalue weighted by Gasteiger charge is 2.28. The molecule has 0 spiro atoms. The molecule has 0 unspecified atom stereocenters. The first-order valence-corrected chi connectivity index (χ1v) is 8.09. The molecule has 1 heterocycles. The fourth-order valence-corrected chi connectivity index (χ4v) is 2.23. The Morgan fingerprint density at radius 1 is 1.25 bits per heavy atom. The molecule has 1 aliphatic rings. The SMILES string of the molecule is Cc1ccc(C2=NO[C@@H](C(=O)NCC(=O)NCC[NH+](C)C)C2)cc1. The van der Waals surface area contributed by atoms with Crippen LogP contribution in [0.2, 0.25) is 0 Å². The highest BCUT2D eigenvalue weighted by Crippen LogP contribution is 2.17. The van der Waals surface area contributed by atoms with Gasteiger partial charge < -0.3 is 20.4 Å². The van der Waals surface area contributed by atoms with Crippen LogP contribution in [0.15, 0.2) is 29.4 Å². The van der Waals surface area contributed by atoms with Gasteiger partial charge in [-0.05, 0) is 12.5 Å². The van der Waals surface area contributed by atoms with Gasteiger partial charge in [0, 0.05) is 6.42 Å². The number of amides is 2. The number of hydrogen-bond acceptors (Lipinski definition) is 4. The topological polar surface area (TPSA) is 84.2 Å². The smallest absolute Gasteiger partial charge is 0.264 e. The minimum absolute atomic E-state index is 0.0542. The lowest BCUT2D eigenvalue weighted by atomic mass is 10.0. The number of carbonyl (C=O) groups excluding carboxylic acids is 2. The van der Waals surface area contributed by atoms with Gasteiger partial charge in [-0.15, -0.1) is 0 Å². The van der Waals surface area contributed by atoms with E-state index in [-0.39, 0.29) is 18.4 Å². The molecule has 1 aliphatic heterocycles. The van der Waals surface area contributed by atoms with Gasteiger partial charge in [-0.1, -0.05) is 35.0 Å². The number of nitrogens with one attached hydrogen (secondary N) is 3. The van der Waals surface area contributed by atoms with Gasteiger partial charge in [0.05, 0.1) is 39.4 Å². The fraction of sp³-hybridized carbons (Fsp3) is 0.471. The van der Waals surface area contributed by atoms with Crippen LogP contribution in [0.4, 0.5) is 0 Å². The molecule has 2 rings (SSSR count). The van der Waals surface area contributed by atoms with Crippen molar-refractivity contribution in [2.75, 3.05) is 33.7 Å². The third-order valence-corrected chi connectivity index (χ3v) is 3.72. The highest BCUT2D eigenvalue weighted by atomic mass is 16.6. The van der Waals surface area contributed by atoms with Crippen molar-refractivity contribution in [2.45, 2.75) is 19.4 Å². The second-order valence-electron chi connectivity index (χ2n) is 6.23. The van der Waals surface area contributed by atoms with Gasteiger partial charge in [-0.25, -0.2) is 0 Å². The quantitative estimate of drug-likeness (QED) is 0.590. The molecule has 0 radical (unpaired) electrons. The van der Waals surface area contributed by atoms with Crippen LogP contribution in [-0.2, 0) is 14.4 Å². The van der Waals surface area contributed by atoms with E-state index in [0.29, 0.717) is 13.0 Å². The fourth-order valence-electron chi connectivity index (χ4n) is 2.23. The number of carbonyl (C=O) groups is 2. The van der Waals surface area contributed by atoms with Gasteiger partial charge in [0.15, 0.2) is 0 Å². The Kier molecular flexibility index (Phi) is 6.31. The number of likely N-dealkylation sites (N-methyl/N-ethyl adjacent to an activating group) is 1. The van der Waals surface area contributed by atoms with Crippen molar-refractivity contribution in [3.05, 3.63) is 35.4 Å². The first-order chi connectivity index (χ1) is 11.5. The molecule has 3 N–H and O–H groups in total. The molecule has 24 heavy (non-hydrogen) atoms. The van der Waals surface area contributed by atoms with Crippen LogP contribution in [0, 0.1) is 6.92 Å². The summed E-state index contributed by atoms with van der Waals surface area (Å²) in [5.74, 6) is -0.531. The molecule has 1 aromatic carbocycles. The molecule has 130 valence electrons. The van der Waals surface area contributed by atoms with Crippen molar-refractivity contribution in [1.29, 1.82) is 0 Å². The summed E-state index contributed by atoms with van der Waals surface area (Å²) in [6, 6.07) is 7.89. The number of aryl methyl sites for hydroxylation is 1. The van der Waals surface area contributed by atoms with E-state index in [9.17, 15) is 9.59 Å². The number of nitrogens with zero attached hydrogens (tertiary/aromatic N) is 1. The molecule has 2 amide bonds.